The highest BCUT2D eigenvalue weighted by Gasteiger charge is 2.06. The van der Waals surface area contributed by atoms with Crippen LogP contribution in [0.1, 0.15) is 0 Å². The summed E-state index contributed by atoms with van der Waals surface area (Å²) in [5, 5.41) is 1.67. The normalized spacial score (nSPS) is 11.1. The van der Waals surface area contributed by atoms with E-state index < -0.39 is 11.1 Å². The molecule has 5 heteroatoms. The van der Waals surface area contributed by atoms with E-state index in [0.29, 0.717) is 16.7 Å². The summed E-state index contributed by atoms with van der Waals surface area (Å²) >= 11 is 0. The first kappa shape index (κ1) is 9.65. The van der Waals surface area contributed by atoms with Crippen molar-refractivity contribution in [2.45, 2.75) is 0 Å². The highest BCUT2D eigenvalue weighted by Crippen LogP contribution is 2.26. The number of nitrogens with two attached hydrogens (primary N) is 1. The Morgan fingerprint density at radius 2 is 1.59 bits per heavy atom. The maximum atomic E-state index is 11.3. The van der Waals surface area contributed by atoms with Gasteiger partial charge in [0, 0.05) is 16.5 Å². The van der Waals surface area contributed by atoms with E-state index in [1.807, 2.05) is 24.3 Å². The lowest BCUT2D eigenvalue weighted by Gasteiger charge is -2.05. The van der Waals surface area contributed by atoms with E-state index in [0.717, 1.165) is 10.8 Å². The first-order chi connectivity index (χ1) is 8.16. The lowest BCUT2D eigenvalue weighted by Crippen LogP contribution is -2.29. The van der Waals surface area contributed by atoms with Gasteiger partial charge in [-0.3, -0.25) is 9.59 Å². The van der Waals surface area contributed by atoms with Crippen molar-refractivity contribution in [3.63, 3.8) is 0 Å². The number of rotatable bonds is 0. The summed E-state index contributed by atoms with van der Waals surface area (Å²) in [5.74, 6) is 0. The molecule has 0 atom stereocenters. The van der Waals surface area contributed by atoms with Gasteiger partial charge in [0.15, 0.2) is 0 Å². The molecule has 0 unspecified atom stereocenters. The van der Waals surface area contributed by atoms with Gasteiger partial charge >= 0.3 is 11.1 Å². The third-order valence-corrected chi connectivity index (χ3v) is 2.77. The van der Waals surface area contributed by atoms with Crippen LogP contribution in [-0.4, -0.2) is 9.97 Å². The molecule has 5 nitrogen and oxygen atoms in total. The average molecular weight is 227 g/mol. The van der Waals surface area contributed by atoms with Crippen LogP contribution in [0.15, 0.2) is 39.9 Å². The van der Waals surface area contributed by atoms with E-state index in [2.05, 4.69) is 9.97 Å². The van der Waals surface area contributed by atoms with Crippen molar-refractivity contribution >= 4 is 27.5 Å². The summed E-state index contributed by atoms with van der Waals surface area (Å²) in [5.41, 5.74) is 6.26. The Morgan fingerprint density at radius 1 is 0.941 bits per heavy atom. The van der Waals surface area contributed by atoms with Crippen molar-refractivity contribution in [1.82, 2.24) is 9.97 Å². The fourth-order valence-corrected chi connectivity index (χ4v) is 1.99. The SMILES string of the molecule is Nc1cc2[nH]c(=O)c(=O)[nH]c2c2ccccc12. The molecule has 0 aliphatic heterocycles. The zero-order chi connectivity index (χ0) is 12.0. The standard InChI is InChI=1S/C12H9N3O2/c13-8-5-9-10(15-12(17)11(16)14-9)7-4-2-1-3-6(7)8/h1-5H,13H2,(H,14,16)(H,15,17). The minimum absolute atomic E-state index is 0.533. The molecule has 0 saturated carbocycles. The maximum Gasteiger partial charge on any atom is 0.314 e. The molecule has 84 valence electrons. The fraction of sp³-hybridized carbons (Fsp3) is 0. The quantitative estimate of drug-likeness (QED) is 0.303. The minimum Gasteiger partial charge on any atom is -0.398 e. The van der Waals surface area contributed by atoms with Gasteiger partial charge in [0.05, 0.1) is 11.0 Å². The molecule has 1 aromatic heterocycles. The second-order valence-corrected chi connectivity index (χ2v) is 3.84. The molecular weight excluding hydrogens is 218 g/mol. The van der Waals surface area contributed by atoms with Gasteiger partial charge in [0.1, 0.15) is 0 Å². The number of H-pyrrole nitrogens is 2. The Balaban J connectivity index is 2.68. The molecular formula is C12H9N3O2. The third-order valence-electron chi connectivity index (χ3n) is 2.77. The second kappa shape index (κ2) is 3.21. The number of nitrogen functional groups attached to an aromatic ring is 1. The molecule has 0 bridgehead atoms. The summed E-state index contributed by atoms with van der Waals surface area (Å²) in [6.07, 6.45) is 0. The van der Waals surface area contributed by atoms with E-state index in [1.165, 1.54) is 0 Å². The van der Waals surface area contributed by atoms with Gasteiger partial charge in [-0.15, -0.1) is 0 Å². The van der Waals surface area contributed by atoms with Crippen LogP contribution in [0.25, 0.3) is 21.8 Å². The molecule has 0 radical (unpaired) electrons. The molecule has 2 aromatic carbocycles. The Kier molecular flexibility index (Phi) is 1.82. The number of hydrogen-bond donors (Lipinski definition) is 3. The van der Waals surface area contributed by atoms with E-state index in [1.54, 1.807) is 6.07 Å². The predicted molar refractivity (Wildman–Crippen MR) is 67.1 cm³/mol. The minimum atomic E-state index is -0.674. The van der Waals surface area contributed by atoms with Crippen LogP contribution in [0.2, 0.25) is 0 Å². The fourth-order valence-electron chi connectivity index (χ4n) is 1.99. The molecule has 0 aliphatic carbocycles. The van der Waals surface area contributed by atoms with Crippen molar-refractivity contribution < 1.29 is 0 Å². The van der Waals surface area contributed by atoms with E-state index in [4.69, 9.17) is 5.73 Å². The summed E-state index contributed by atoms with van der Waals surface area (Å²) in [6.45, 7) is 0. The summed E-state index contributed by atoms with van der Waals surface area (Å²) < 4.78 is 0. The Labute approximate surface area is 94.9 Å². The Morgan fingerprint density at radius 3 is 2.35 bits per heavy atom. The van der Waals surface area contributed by atoms with Crippen molar-refractivity contribution in [2.75, 3.05) is 5.73 Å². The van der Waals surface area contributed by atoms with Crippen LogP contribution < -0.4 is 16.9 Å². The van der Waals surface area contributed by atoms with Crippen LogP contribution >= 0.6 is 0 Å². The molecule has 3 rings (SSSR count). The van der Waals surface area contributed by atoms with Gasteiger partial charge in [0.2, 0.25) is 0 Å². The number of hydrogen-bond acceptors (Lipinski definition) is 3. The topological polar surface area (TPSA) is 91.7 Å². The van der Waals surface area contributed by atoms with E-state index in [9.17, 15) is 9.59 Å². The summed E-state index contributed by atoms with van der Waals surface area (Å²) in [6, 6.07) is 9.09. The van der Waals surface area contributed by atoms with Gasteiger partial charge in [-0.25, -0.2) is 0 Å². The molecule has 3 aromatic rings. The molecule has 0 amide bonds. The van der Waals surface area contributed by atoms with Crippen LogP contribution in [0, 0.1) is 0 Å². The van der Waals surface area contributed by atoms with Crippen molar-refractivity contribution in [1.29, 1.82) is 0 Å². The van der Waals surface area contributed by atoms with Crippen LogP contribution in [0.5, 0.6) is 0 Å². The monoisotopic (exact) mass is 227 g/mol. The summed E-state index contributed by atoms with van der Waals surface area (Å²) in [4.78, 5) is 27.7. The lowest BCUT2D eigenvalue weighted by molar-refractivity contribution is 1.15. The Hall–Kier alpha value is -2.56. The number of aromatic amines is 2. The highest BCUT2D eigenvalue weighted by atomic mass is 16.2. The summed E-state index contributed by atoms with van der Waals surface area (Å²) in [7, 11) is 0. The number of benzene rings is 2. The molecule has 0 saturated heterocycles. The molecule has 4 N–H and O–H groups in total. The largest absolute Gasteiger partial charge is 0.398 e. The lowest BCUT2D eigenvalue weighted by atomic mass is 10.1. The highest BCUT2D eigenvalue weighted by molar-refractivity contribution is 6.09. The second-order valence-electron chi connectivity index (χ2n) is 3.84. The first-order valence-corrected chi connectivity index (χ1v) is 5.10. The van der Waals surface area contributed by atoms with Gasteiger partial charge < -0.3 is 15.7 Å². The van der Waals surface area contributed by atoms with Gasteiger partial charge in [-0.2, -0.15) is 0 Å². The zero-order valence-corrected chi connectivity index (χ0v) is 8.78. The van der Waals surface area contributed by atoms with Crippen LogP contribution in [0.4, 0.5) is 5.69 Å². The molecule has 17 heavy (non-hydrogen) atoms. The first-order valence-electron chi connectivity index (χ1n) is 5.10. The molecule has 0 aliphatic rings. The number of nitrogens with one attached hydrogen (secondary N) is 2. The molecule has 1 heterocycles. The van der Waals surface area contributed by atoms with Crippen LogP contribution in [-0.2, 0) is 0 Å². The average Bonchev–Trinajstić information content (AvgIpc) is 2.32. The van der Waals surface area contributed by atoms with Crippen molar-refractivity contribution in [2.24, 2.45) is 0 Å². The third kappa shape index (κ3) is 1.32. The van der Waals surface area contributed by atoms with Crippen molar-refractivity contribution in [3.05, 3.63) is 51.0 Å². The number of aromatic nitrogens is 2. The number of fused-ring (bicyclic) bond motifs is 3. The van der Waals surface area contributed by atoms with E-state index >= 15 is 0 Å². The molecule has 0 fully saturated rings. The predicted octanol–water partition coefficient (Wildman–Crippen LogP) is 0.952. The van der Waals surface area contributed by atoms with Crippen LogP contribution in [0.3, 0.4) is 0 Å². The zero-order valence-electron chi connectivity index (χ0n) is 8.78. The smallest absolute Gasteiger partial charge is 0.314 e. The van der Waals surface area contributed by atoms with E-state index in [-0.39, 0.29) is 0 Å². The van der Waals surface area contributed by atoms with Gasteiger partial charge in [0.25, 0.3) is 0 Å². The van der Waals surface area contributed by atoms with Gasteiger partial charge in [-0.05, 0) is 6.07 Å². The number of anilines is 1. The molecule has 0 spiro atoms. The maximum absolute atomic E-state index is 11.3. The van der Waals surface area contributed by atoms with Crippen molar-refractivity contribution in [3.8, 4) is 0 Å². The van der Waals surface area contributed by atoms with Gasteiger partial charge in [-0.1, -0.05) is 24.3 Å². The Bertz CT molecular complexity index is 846.